The second-order valence-electron chi connectivity index (χ2n) is 6.18. The van der Waals surface area contributed by atoms with E-state index in [2.05, 4.69) is 16.0 Å². The lowest BCUT2D eigenvalue weighted by Gasteiger charge is -2.35. The molecular formula is C19H22ClN3O2. The Morgan fingerprint density at radius 1 is 1.24 bits per heavy atom. The Kier molecular flexibility index (Phi) is 5.89. The van der Waals surface area contributed by atoms with Gasteiger partial charge in [0.05, 0.1) is 0 Å². The van der Waals surface area contributed by atoms with Gasteiger partial charge in [0.1, 0.15) is 5.75 Å². The Labute approximate surface area is 153 Å². The summed E-state index contributed by atoms with van der Waals surface area (Å²) in [5.41, 5.74) is 1.19. The van der Waals surface area contributed by atoms with Crippen LogP contribution in [-0.4, -0.2) is 53.0 Å². The molecule has 0 N–H and O–H groups in total. The smallest absolute Gasteiger partial charge is 0.263 e. The van der Waals surface area contributed by atoms with Crippen LogP contribution in [0.3, 0.4) is 0 Å². The third kappa shape index (κ3) is 4.94. The van der Waals surface area contributed by atoms with Crippen molar-refractivity contribution < 1.29 is 9.53 Å². The van der Waals surface area contributed by atoms with Gasteiger partial charge in [-0.1, -0.05) is 23.7 Å². The predicted octanol–water partition coefficient (Wildman–Crippen LogP) is 2.85. The summed E-state index contributed by atoms with van der Waals surface area (Å²) in [7, 11) is 0. The molecule has 1 aromatic carbocycles. The summed E-state index contributed by atoms with van der Waals surface area (Å²) in [5, 5.41) is 0.598. The molecule has 1 atom stereocenters. The first-order chi connectivity index (χ1) is 12.1. The predicted molar refractivity (Wildman–Crippen MR) is 97.6 cm³/mol. The second kappa shape index (κ2) is 8.32. The van der Waals surface area contributed by atoms with Gasteiger partial charge in [0.2, 0.25) is 0 Å². The molecule has 1 unspecified atom stereocenters. The van der Waals surface area contributed by atoms with Gasteiger partial charge in [-0.25, -0.2) is 0 Å². The zero-order valence-electron chi connectivity index (χ0n) is 14.3. The number of amides is 1. The van der Waals surface area contributed by atoms with Crippen LogP contribution < -0.4 is 4.74 Å². The van der Waals surface area contributed by atoms with Gasteiger partial charge in [0, 0.05) is 50.1 Å². The molecule has 132 valence electrons. The highest BCUT2D eigenvalue weighted by atomic mass is 35.5. The number of piperazine rings is 1. The van der Waals surface area contributed by atoms with Crippen LogP contribution in [0.1, 0.15) is 12.5 Å². The van der Waals surface area contributed by atoms with E-state index in [4.69, 9.17) is 16.3 Å². The van der Waals surface area contributed by atoms with Crippen LogP contribution in [0.5, 0.6) is 5.75 Å². The Hall–Kier alpha value is -2.11. The lowest BCUT2D eigenvalue weighted by Crippen LogP contribution is -2.51. The molecule has 2 heterocycles. The fourth-order valence-electron chi connectivity index (χ4n) is 2.93. The number of carbonyl (C=O) groups is 1. The molecule has 0 saturated carbocycles. The van der Waals surface area contributed by atoms with E-state index in [1.54, 1.807) is 25.3 Å². The quantitative estimate of drug-likeness (QED) is 0.823. The third-order valence-electron chi connectivity index (χ3n) is 4.27. The van der Waals surface area contributed by atoms with E-state index >= 15 is 0 Å². The van der Waals surface area contributed by atoms with Crippen LogP contribution in [0.25, 0.3) is 0 Å². The molecule has 0 radical (unpaired) electrons. The number of ether oxygens (including phenoxy) is 1. The van der Waals surface area contributed by atoms with Crippen LogP contribution in [0.2, 0.25) is 5.02 Å². The summed E-state index contributed by atoms with van der Waals surface area (Å²) in [6.07, 6.45) is 3.14. The first-order valence-electron chi connectivity index (χ1n) is 8.44. The fourth-order valence-corrected chi connectivity index (χ4v) is 3.11. The average molecular weight is 360 g/mol. The van der Waals surface area contributed by atoms with E-state index in [0.717, 1.165) is 19.6 Å². The van der Waals surface area contributed by atoms with Crippen molar-refractivity contribution in [2.24, 2.45) is 0 Å². The normalized spacial score (nSPS) is 16.5. The standard InChI is InChI=1S/C19H22ClN3O2/c1-15(25-18-6-2-5-17(20)12-18)19(24)23-10-8-22(9-11-23)14-16-4-3-7-21-13-16/h2-7,12-13,15H,8-11,14H2,1H3. The van der Waals surface area contributed by atoms with Gasteiger partial charge in [-0.05, 0) is 36.8 Å². The summed E-state index contributed by atoms with van der Waals surface area (Å²) >= 11 is 5.95. The minimum atomic E-state index is -0.525. The van der Waals surface area contributed by atoms with Crippen molar-refractivity contribution in [1.29, 1.82) is 0 Å². The van der Waals surface area contributed by atoms with Crippen molar-refractivity contribution in [2.75, 3.05) is 26.2 Å². The van der Waals surface area contributed by atoms with E-state index in [1.165, 1.54) is 5.56 Å². The van der Waals surface area contributed by atoms with Gasteiger partial charge in [-0.3, -0.25) is 14.7 Å². The molecule has 3 rings (SSSR count). The number of nitrogens with zero attached hydrogens (tertiary/aromatic N) is 3. The Bertz CT molecular complexity index is 703. The third-order valence-corrected chi connectivity index (χ3v) is 4.50. The molecular weight excluding hydrogens is 338 g/mol. The fraction of sp³-hybridized carbons (Fsp3) is 0.368. The van der Waals surface area contributed by atoms with Crippen molar-refractivity contribution >= 4 is 17.5 Å². The van der Waals surface area contributed by atoms with E-state index in [0.29, 0.717) is 23.9 Å². The summed E-state index contributed by atoms with van der Waals surface area (Å²) in [5.74, 6) is 0.629. The summed E-state index contributed by atoms with van der Waals surface area (Å²) in [6.45, 7) is 5.77. The number of pyridine rings is 1. The molecule has 25 heavy (non-hydrogen) atoms. The van der Waals surface area contributed by atoms with Crippen LogP contribution >= 0.6 is 11.6 Å². The molecule has 6 heteroatoms. The Balaban J connectivity index is 1.49. The van der Waals surface area contributed by atoms with Crippen molar-refractivity contribution in [3.8, 4) is 5.75 Å². The topological polar surface area (TPSA) is 45.7 Å². The highest BCUT2D eigenvalue weighted by Gasteiger charge is 2.26. The molecule has 0 bridgehead atoms. The largest absolute Gasteiger partial charge is 0.481 e. The summed E-state index contributed by atoms with van der Waals surface area (Å²) in [6, 6.07) is 11.1. The van der Waals surface area contributed by atoms with Gasteiger partial charge in [0.15, 0.2) is 6.10 Å². The molecule has 1 saturated heterocycles. The lowest BCUT2D eigenvalue weighted by molar-refractivity contribution is -0.139. The highest BCUT2D eigenvalue weighted by Crippen LogP contribution is 2.19. The Morgan fingerprint density at radius 3 is 2.72 bits per heavy atom. The highest BCUT2D eigenvalue weighted by molar-refractivity contribution is 6.30. The first-order valence-corrected chi connectivity index (χ1v) is 8.82. The minimum absolute atomic E-state index is 0.0148. The number of carbonyl (C=O) groups excluding carboxylic acids is 1. The molecule has 5 nitrogen and oxygen atoms in total. The van der Waals surface area contributed by atoms with Gasteiger partial charge >= 0.3 is 0 Å². The van der Waals surface area contributed by atoms with Crippen molar-refractivity contribution in [2.45, 2.75) is 19.6 Å². The van der Waals surface area contributed by atoms with Crippen molar-refractivity contribution in [1.82, 2.24) is 14.8 Å². The molecule has 1 aliphatic rings. The average Bonchev–Trinajstić information content (AvgIpc) is 2.62. The maximum absolute atomic E-state index is 12.6. The molecule has 1 fully saturated rings. The minimum Gasteiger partial charge on any atom is -0.481 e. The van der Waals surface area contributed by atoms with Crippen molar-refractivity contribution in [3.63, 3.8) is 0 Å². The van der Waals surface area contributed by atoms with E-state index in [-0.39, 0.29) is 5.91 Å². The van der Waals surface area contributed by atoms with E-state index in [9.17, 15) is 4.79 Å². The maximum atomic E-state index is 12.6. The Morgan fingerprint density at radius 2 is 2.04 bits per heavy atom. The van der Waals surface area contributed by atoms with Crippen LogP contribution in [0, 0.1) is 0 Å². The number of hydrogen-bond donors (Lipinski definition) is 0. The van der Waals surface area contributed by atoms with Crippen LogP contribution in [0.4, 0.5) is 0 Å². The van der Waals surface area contributed by atoms with Crippen LogP contribution in [0.15, 0.2) is 48.8 Å². The number of hydrogen-bond acceptors (Lipinski definition) is 4. The molecule has 1 aromatic heterocycles. The van der Waals surface area contributed by atoms with Gasteiger partial charge in [-0.2, -0.15) is 0 Å². The molecule has 2 aromatic rings. The summed E-state index contributed by atoms with van der Waals surface area (Å²) in [4.78, 5) is 20.9. The zero-order valence-corrected chi connectivity index (χ0v) is 15.0. The number of rotatable bonds is 5. The van der Waals surface area contributed by atoms with E-state index < -0.39 is 6.10 Å². The first kappa shape index (κ1) is 17.7. The van der Waals surface area contributed by atoms with Gasteiger partial charge < -0.3 is 9.64 Å². The molecule has 0 aliphatic carbocycles. The zero-order chi connectivity index (χ0) is 17.6. The van der Waals surface area contributed by atoms with Crippen molar-refractivity contribution in [3.05, 3.63) is 59.4 Å². The maximum Gasteiger partial charge on any atom is 0.263 e. The monoisotopic (exact) mass is 359 g/mol. The second-order valence-corrected chi connectivity index (χ2v) is 6.62. The number of aromatic nitrogens is 1. The van der Waals surface area contributed by atoms with Gasteiger partial charge in [0.25, 0.3) is 5.91 Å². The number of benzene rings is 1. The summed E-state index contributed by atoms with van der Waals surface area (Å²) < 4.78 is 5.74. The molecule has 1 aliphatic heterocycles. The lowest BCUT2D eigenvalue weighted by atomic mass is 10.2. The SMILES string of the molecule is CC(Oc1cccc(Cl)c1)C(=O)N1CCN(Cc2cccnc2)CC1. The van der Waals surface area contributed by atoms with Gasteiger partial charge in [-0.15, -0.1) is 0 Å². The number of halogens is 1. The molecule has 1 amide bonds. The van der Waals surface area contributed by atoms with E-state index in [1.807, 2.05) is 29.3 Å². The van der Waals surface area contributed by atoms with Crippen LogP contribution in [-0.2, 0) is 11.3 Å². The molecule has 0 spiro atoms.